The minimum absolute atomic E-state index is 0.00690. The number of benzene rings is 1. The number of rotatable bonds is 15. The van der Waals surface area contributed by atoms with E-state index in [0.717, 1.165) is 0 Å². The van der Waals surface area contributed by atoms with Crippen LogP contribution in [0.15, 0.2) is 24.3 Å². The smallest absolute Gasteiger partial charge is 0.326 e. The third-order valence-corrected chi connectivity index (χ3v) is 4.92. The fourth-order valence-electron chi connectivity index (χ4n) is 2.93. The zero-order valence-corrected chi connectivity index (χ0v) is 18.6. The number of phenolic OH excluding ortho intramolecular Hbond substituents is 1. The molecule has 13 nitrogen and oxygen atoms in total. The first-order valence-electron chi connectivity index (χ1n) is 10.7. The lowest BCUT2D eigenvalue weighted by Crippen LogP contribution is -2.58. The van der Waals surface area contributed by atoms with Crippen LogP contribution < -0.4 is 27.4 Å². The van der Waals surface area contributed by atoms with E-state index in [1.807, 2.05) is 0 Å². The van der Waals surface area contributed by atoms with Gasteiger partial charge < -0.3 is 47.8 Å². The SMILES string of the molecule is NCCCC[C@H](NC(=O)[C@H](CO)NC(=O)[C@H](Cc1ccc(O)cc1)NC(=O)[C@@H](N)CO)C(=O)O. The van der Waals surface area contributed by atoms with Gasteiger partial charge in [-0.2, -0.15) is 0 Å². The molecule has 34 heavy (non-hydrogen) atoms. The van der Waals surface area contributed by atoms with E-state index in [2.05, 4.69) is 16.0 Å². The van der Waals surface area contributed by atoms with Gasteiger partial charge in [0.25, 0.3) is 0 Å². The van der Waals surface area contributed by atoms with Gasteiger partial charge in [0.2, 0.25) is 17.7 Å². The Balaban J connectivity index is 2.94. The lowest BCUT2D eigenvalue weighted by atomic mass is 10.0. The van der Waals surface area contributed by atoms with Crippen LogP contribution in [0.4, 0.5) is 0 Å². The van der Waals surface area contributed by atoms with Gasteiger partial charge in [-0.05, 0) is 43.5 Å². The minimum Gasteiger partial charge on any atom is -0.508 e. The maximum Gasteiger partial charge on any atom is 0.326 e. The molecule has 3 amide bonds. The van der Waals surface area contributed by atoms with Gasteiger partial charge >= 0.3 is 5.97 Å². The van der Waals surface area contributed by atoms with Crippen molar-refractivity contribution in [1.82, 2.24) is 16.0 Å². The van der Waals surface area contributed by atoms with E-state index in [9.17, 15) is 34.5 Å². The maximum atomic E-state index is 12.9. The number of nitrogens with two attached hydrogens (primary N) is 2. The molecule has 0 saturated carbocycles. The molecule has 1 aromatic rings. The highest BCUT2D eigenvalue weighted by molar-refractivity contribution is 5.94. The number of unbranched alkanes of at least 4 members (excludes halogenated alkanes) is 1. The zero-order chi connectivity index (χ0) is 25.7. The summed E-state index contributed by atoms with van der Waals surface area (Å²) in [6.45, 7) is -1.13. The zero-order valence-electron chi connectivity index (χ0n) is 18.6. The lowest BCUT2D eigenvalue weighted by Gasteiger charge is -2.24. The maximum absolute atomic E-state index is 12.9. The molecule has 190 valence electrons. The molecule has 0 aliphatic carbocycles. The van der Waals surface area contributed by atoms with Gasteiger partial charge in [-0.3, -0.25) is 14.4 Å². The Bertz CT molecular complexity index is 820. The highest BCUT2D eigenvalue weighted by Gasteiger charge is 2.30. The van der Waals surface area contributed by atoms with Crippen LogP contribution in [-0.4, -0.2) is 88.0 Å². The number of carboxylic acid groups (broad SMARTS) is 1. The van der Waals surface area contributed by atoms with Crippen molar-refractivity contribution in [1.29, 1.82) is 0 Å². The molecule has 4 atom stereocenters. The van der Waals surface area contributed by atoms with Crippen LogP contribution in [0.5, 0.6) is 5.75 Å². The molecule has 1 rings (SSSR count). The van der Waals surface area contributed by atoms with Crippen molar-refractivity contribution < 1.29 is 39.6 Å². The van der Waals surface area contributed by atoms with Crippen LogP contribution >= 0.6 is 0 Å². The monoisotopic (exact) mass is 483 g/mol. The van der Waals surface area contributed by atoms with Crippen molar-refractivity contribution in [2.75, 3.05) is 19.8 Å². The molecular formula is C21H33N5O8. The lowest BCUT2D eigenvalue weighted by molar-refractivity contribution is -0.142. The summed E-state index contributed by atoms with van der Waals surface area (Å²) >= 11 is 0. The number of aliphatic carboxylic acids is 1. The Labute approximate surface area is 196 Å². The average molecular weight is 484 g/mol. The number of hydrogen-bond donors (Lipinski definition) is 9. The van der Waals surface area contributed by atoms with E-state index in [1.54, 1.807) is 0 Å². The molecule has 0 heterocycles. The van der Waals surface area contributed by atoms with Crippen molar-refractivity contribution >= 4 is 23.7 Å². The summed E-state index contributed by atoms with van der Waals surface area (Å²) in [6, 6.07) is 0.521. The predicted molar refractivity (Wildman–Crippen MR) is 120 cm³/mol. The molecule has 0 aromatic heterocycles. The standard InChI is InChI=1S/C21H33N5O8/c22-8-2-1-3-15(21(33)34)24-20(32)17(11-28)26-19(31)16(25-18(30)14(23)10-27)9-12-4-6-13(29)7-5-12/h4-7,14-17,27-29H,1-3,8-11,22-23H2,(H,24,32)(H,25,30)(H,26,31)(H,33,34)/t14-,15-,16-,17-/m0/s1. The highest BCUT2D eigenvalue weighted by atomic mass is 16.4. The van der Waals surface area contributed by atoms with E-state index >= 15 is 0 Å². The third-order valence-electron chi connectivity index (χ3n) is 4.92. The second-order valence-electron chi connectivity index (χ2n) is 7.65. The molecular weight excluding hydrogens is 450 g/mol. The van der Waals surface area contributed by atoms with Gasteiger partial charge in [-0.1, -0.05) is 12.1 Å². The molecule has 0 fully saturated rings. The number of carboxylic acids is 1. The first-order valence-corrected chi connectivity index (χ1v) is 10.7. The predicted octanol–water partition coefficient (Wildman–Crippen LogP) is -3.09. The molecule has 11 N–H and O–H groups in total. The normalized spacial score (nSPS) is 14.4. The van der Waals surface area contributed by atoms with Crippen LogP contribution in [0, 0.1) is 0 Å². The first-order chi connectivity index (χ1) is 16.1. The van der Waals surface area contributed by atoms with E-state index in [4.69, 9.17) is 16.6 Å². The first kappa shape index (κ1) is 28.8. The van der Waals surface area contributed by atoms with Gasteiger partial charge in [0.15, 0.2) is 0 Å². The number of carbonyl (C=O) groups is 4. The Morgan fingerprint density at radius 1 is 0.824 bits per heavy atom. The molecule has 13 heteroatoms. The van der Waals surface area contributed by atoms with Crippen molar-refractivity contribution in [2.45, 2.75) is 49.9 Å². The topological polar surface area (TPSA) is 237 Å². The number of carbonyl (C=O) groups excluding carboxylic acids is 3. The number of aliphatic hydroxyl groups is 2. The Hall–Kier alpha value is -3.26. The molecule has 0 bridgehead atoms. The van der Waals surface area contributed by atoms with E-state index in [1.165, 1.54) is 24.3 Å². The van der Waals surface area contributed by atoms with Crippen LogP contribution in [0.1, 0.15) is 24.8 Å². The summed E-state index contributed by atoms with van der Waals surface area (Å²) < 4.78 is 0. The number of phenols is 1. The molecule has 0 aliphatic rings. The van der Waals surface area contributed by atoms with Crippen molar-refractivity contribution in [3.05, 3.63) is 29.8 Å². The number of hydrogen-bond acceptors (Lipinski definition) is 9. The summed E-state index contributed by atoms with van der Waals surface area (Å²) in [6.07, 6.45) is 1.07. The summed E-state index contributed by atoms with van der Waals surface area (Å²) in [5.74, 6) is -3.87. The van der Waals surface area contributed by atoms with Crippen molar-refractivity contribution in [3.63, 3.8) is 0 Å². The second kappa shape index (κ2) is 14.8. The number of amides is 3. The van der Waals surface area contributed by atoms with E-state index in [-0.39, 0.29) is 18.6 Å². The van der Waals surface area contributed by atoms with Crippen molar-refractivity contribution in [2.24, 2.45) is 11.5 Å². The molecule has 0 unspecified atom stereocenters. The van der Waals surface area contributed by atoms with Crippen LogP contribution in [0.3, 0.4) is 0 Å². The van der Waals surface area contributed by atoms with Crippen LogP contribution in [0.2, 0.25) is 0 Å². The van der Waals surface area contributed by atoms with Gasteiger partial charge in [0.05, 0.1) is 13.2 Å². The largest absolute Gasteiger partial charge is 0.508 e. The van der Waals surface area contributed by atoms with Crippen LogP contribution in [0.25, 0.3) is 0 Å². The fourth-order valence-corrected chi connectivity index (χ4v) is 2.93. The molecule has 1 aromatic carbocycles. The summed E-state index contributed by atoms with van der Waals surface area (Å²) in [7, 11) is 0. The molecule has 0 spiro atoms. The number of aliphatic hydroxyl groups excluding tert-OH is 2. The van der Waals surface area contributed by atoms with E-state index in [0.29, 0.717) is 24.9 Å². The summed E-state index contributed by atoms with van der Waals surface area (Å²) in [5, 5.41) is 44.4. The Morgan fingerprint density at radius 2 is 1.38 bits per heavy atom. The van der Waals surface area contributed by atoms with Gasteiger partial charge in [0, 0.05) is 6.42 Å². The third kappa shape index (κ3) is 9.70. The van der Waals surface area contributed by atoms with Gasteiger partial charge in [-0.15, -0.1) is 0 Å². The Kier molecular flexibility index (Phi) is 12.5. The molecule has 0 aliphatic heterocycles. The van der Waals surface area contributed by atoms with E-state index < -0.39 is 61.1 Å². The van der Waals surface area contributed by atoms with Crippen LogP contribution in [-0.2, 0) is 25.6 Å². The number of aromatic hydroxyl groups is 1. The van der Waals surface area contributed by atoms with Gasteiger partial charge in [-0.25, -0.2) is 4.79 Å². The molecule has 0 radical (unpaired) electrons. The minimum atomic E-state index is -1.49. The highest BCUT2D eigenvalue weighted by Crippen LogP contribution is 2.12. The Morgan fingerprint density at radius 3 is 1.91 bits per heavy atom. The van der Waals surface area contributed by atoms with Gasteiger partial charge in [0.1, 0.15) is 29.9 Å². The second-order valence-corrected chi connectivity index (χ2v) is 7.65. The summed E-state index contributed by atoms with van der Waals surface area (Å²) in [4.78, 5) is 48.9. The summed E-state index contributed by atoms with van der Waals surface area (Å²) in [5.41, 5.74) is 11.4. The average Bonchev–Trinajstić information content (AvgIpc) is 2.81. The molecule has 0 saturated heterocycles. The number of nitrogens with one attached hydrogen (secondary N) is 3. The quantitative estimate of drug-likeness (QED) is 0.114. The fraction of sp³-hybridized carbons (Fsp3) is 0.524. The van der Waals surface area contributed by atoms with Crippen molar-refractivity contribution in [3.8, 4) is 5.75 Å².